The van der Waals surface area contributed by atoms with E-state index in [9.17, 15) is 29.7 Å². The van der Waals surface area contributed by atoms with Crippen molar-refractivity contribution in [3.05, 3.63) is 12.7 Å². The third kappa shape index (κ3) is 4.27. The number of aliphatic hydroxyl groups is 3. The van der Waals surface area contributed by atoms with Crippen LogP contribution in [0.2, 0.25) is 0 Å². The molecular formula is C25H39NO8. The minimum atomic E-state index is -2.10. The van der Waals surface area contributed by atoms with Crippen LogP contribution in [0.4, 0.5) is 4.79 Å². The highest BCUT2D eigenvalue weighted by Crippen LogP contribution is 2.63. The van der Waals surface area contributed by atoms with E-state index in [2.05, 4.69) is 6.58 Å². The lowest BCUT2D eigenvalue weighted by Gasteiger charge is -2.66. The van der Waals surface area contributed by atoms with Gasteiger partial charge < -0.3 is 24.9 Å². The van der Waals surface area contributed by atoms with Gasteiger partial charge in [-0.25, -0.2) is 9.59 Å². The van der Waals surface area contributed by atoms with Crippen LogP contribution in [-0.4, -0.2) is 57.1 Å². The lowest BCUT2D eigenvalue weighted by Crippen LogP contribution is -2.77. The Morgan fingerprint density at radius 1 is 1.18 bits per heavy atom. The summed E-state index contributed by atoms with van der Waals surface area (Å²) in [6.07, 6.45) is -0.820. The summed E-state index contributed by atoms with van der Waals surface area (Å²) in [7, 11) is 0. The van der Waals surface area contributed by atoms with Gasteiger partial charge in [-0.1, -0.05) is 40.7 Å². The monoisotopic (exact) mass is 481 g/mol. The summed E-state index contributed by atoms with van der Waals surface area (Å²) in [5.41, 5.74) is -2.12. The van der Waals surface area contributed by atoms with Crippen molar-refractivity contribution in [2.45, 2.75) is 90.6 Å². The van der Waals surface area contributed by atoms with E-state index < -0.39 is 64.4 Å². The van der Waals surface area contributed by atoms with Crippen molar-refractivity contribution in [3.8, 4) is 0 Å². The largest absolute Gasteiger partial charge is 0.441 e. The number of aliphatic hydroxyl groups excluding tert-OH is 2. The fourth-order valence-corrected chi connectivity index (χ4v) is 6.40. The van der Waals surface area contributed by atoms with E-state index >= 15 is 0 Å². The highest BCUT2D eigenvalue weighted by Gasteiger charge is 2.73. The Labute approximate surface area is 200 Å². The van der Waals surface area contributed by atoms with Gasteiger partial charge in [-0.3, -0.25) is 4.79 Å². The van der Waals surface area contributed by atoms with E-state index in [1.54, 1.807) is 19.9 Å². The Morgan fingerprint density at radius 3 is 2.35 bits per heavy atom. The molecule has 3 aliphatic carbocycles. The molecule has 8 atom stereocenters. The number of allylic oxidation sites excluding steroid dienone is 1. The second-order valence-electron chi connectivity index (χ2n) is 11.4. The van der Waals surface area contributed by atoms with Crippen molar-refractivity contribution in [1.29, 1.82) is 0 Å². The number of carbonyl (C=O) groups excluding carboxylic acids is 3. The van der Waals surface area contributed by atoms with Crippen molar-refractivity contribution in [2.75, 3.05) is 0 Å². The van der Waals surface area contributed by atoms with E-state index in [0.29, 0.717) is 25.7 Å². The first-order chi connectivity index (χ1) is 15.7. The number of rotatable bonds is 6. The molecule has 0 saturated heterocycles. The first-order valence-corrected chi connectivity index (χ1v) is 12.1. The molecule has 9 heteroatoms. The fraction of sp³-hybridized carbons (Fsp3) is 0.800. The molecule has 3 fully saturated rings. The van der Waals surface area contributed by atoms with E-state index in [1.165, 1.54) is 6.92 Å². The SMILES string of the molecule is C=C[C@@H](C)CC(=O)[C@@]1(O)[C@@H](C)[C@@H](OC(=O)NOC(=O)C2CC2)[C@@H](O)[C@H]2C(C)(C)CC[C@H](O)[C@@]21C. The van der Waals surface area contributed by atoms with Gasteiger partial charge in [0.15, 0.2) is 5.78 Å². The number of nitrogens with one attached hydrogen (secondary N) is 1. The third-order valence-electron chi connectivity index (χ3n) is 8.62. The number of amides is 1. The highest BCUT2D eigenvalue weighted by atomic mass is 16.7. The molecule has 4 N–H and O–H groups in total. The van der Waals surface area contributed by atoms with Gasteiger partial charge in [0.25, 0.3) is 0 Å². The number of ketones is 1. The van der Waals surface area contributed by atoms with Gasteiger partial charge in [0.2, 0.25) is 0 Å². The number of Topliss-reactive ketones (excluding diaryl/α,β-unsaturated/α-hetero) is 1. The number of hydroxylamine groups is 1. The molecule has 3 saturated carbocycles. The minimum absolute atomic E-state index is 0.0200. The Bertz CT molecular complexity index is 839. The van der Waals surface area contributed by atoms with E-state index in [4.69, 9.17) is 9.57 Å². The zero-order valence-electron chi connectivity index (χ0n) is 20.7. The molecule has 1 amide bonds. The quantitative estimate of drug-likeness (QED) is 0.334. The molecule has 0 aromatic carbocycles. The zero-order chi connectivity index (χ0) is 25.6. The van der Waals surface area contributed by atoms with Gasteiger partial charge in [0.1, 0.15) is 11.7 Å². The molecular weight excluding hydrogens is 442 g/mol. The van der Waals surface area contributed by atoms with Crippen molar-refractivity contribution in [3.63, 3.8) is 0 Å². The smallest absolute Gasteiger partial charge is 0.441 e. The van der Waals surface area contributed by atoms with Crippen molar-refractivity contribution in [2.24, 2.45) is 34.5 Å². The fourth-order valence-electron chi connectivity index (χ4n) is 6.40. The van der Waals surface area contributed by atoms with E-state index in [0.717, 1.165) is 0 Å². The van der Waals surface area contributed by atoms with Crippen molar-refractivity contribution in [1.82, 2.24) is 5.48 Å². The number of hydrogen-bond donors (Lipinski definition) is 4. The summed E-state index contributed by atoms with van der Waals surface area (Å²) >= 11 is 0. The van der Waals surface area contributed by atoms with Crippen LogP contribution >= 0.6 is 0 Å². The number of hydrogen-bond acceptors (Lipinski definition) is 8. The van der Waals surface area contributed by atoms with Gasteiger partial charge in [0.05, 0.1) is 18.1 Å². The normalized spacial score (nSPS) is 39.8. The standard InChI is InChI=1S/C25H39NO8/c1-7-13(2)12-17(28)25(32)14(3)19(33-22(31)26-34-21(30)15-8-9-15)18(29)20-23(4,5)11-10-16(27)24(20,25)6/h7,13-16,18-20,27,29,32H,1,8-12H2,2-6H3,(H,26,31)/t13-,14+,16+,18-,19-,20+,24+,25+/m1/s1. The number of carbonyl (C=O) groups is 3. The minimum Gasteiger partial charge on any atom is -0.441 e. The molecule has 0 spiro atoms. The second kappa shape index (κ2) is 9.24. The average Bonchev–Trinajstić information content (AvgIpc) is 3.61. The van der Waals surface area contributed by atoms with Crippen LogP contribution in [0.1, 0.15) is 66.7 Å². The molecule has 34 heavy (non-hydrogen) atoms. The Balaban J connectivity index is 1.96. The van der Waals surface area contributed by atoms with E-state index in [-0.39, 0.29) is 18.3 Å². The summed E-state index contributed by atoms with van der Waals surface area (Å²) in [4.78, 5) is 42.6. The van der Waals surface area contributed by atoms with Gasteiger partial charge in [-0.2, -0.15) is 0 Å². The van der Waals surface area contributed by atoms with Gasteiger partial charge in [-0.05, 0) is 37.0 Å². The average molecular weight is 482 g/mol. The predicted molar refractivity (Wildman–Crippen MR) is 122 cm³/mol. The Hall–Kier alpha value is -1.97. The summed E-state index contributed by atoms with van der Waals surface area (Å²) in [6, 6.07) is 0. The molecule has 0 heterocycles. The molecule has 0 aromatic rings. The highest BCUT2D eigenvalue weighted by molar-refractivity contribution is 5.89. The van der Waals surface area contributed by atoms with Crippen LogP contribution in [0, 0.1) is 34.5 Å². The van der Waals surface area contributed by atoms with Gasteiger partial charge >= 0.3 is 12.1 Å². The lowest BCUT2D eigenvalue weighted by atomic mass is 9.41. The number of ether oxygens (including phenoxy) is 1. The summed E-state index contributed by atoms with van der Waals surface area (Å²) < 4.78 is 5.47. The van der Waals surface area contributed by atoms with Gasteiger partial charge in [-0.15, -0.1) is 12.1 Å². The molecule has 0 unspecified atom stereocenters. The van der Waals surface area contributed by atoms with Crippen LogP contribution in [0.25, 0.3) is 0 Å². The molecule has 3 aliphatic rings. The van der Waals surface area contributed by atoms with Gasteiger partial charge in [0, 0.05) is 23.7 Å². The third-order valence-corrected chi connectivity index (χ3v) is 8.62. The van der Waals surface area contributed by atoms with E-state index in [1.807, 2.05) is 19.3 Å². The maximum atomic E-state index is 13.6. The van der Waals surface area contributed by atoms with Crippen molar-refractivity contribution < 1.29 is 39.3 Å². The second-order valence-corrected chi connectivity index (χ2v) is 11.4. The lowest BCUT2D eigenvalue weighted by molar-refractivity contribution is -0.291. The molecule has 0 radical (unpaired) electrons. The van der Waals surface area contributed by atoms with Crippen LogP contribution in [0.3, 0.4) is 0 Å². The predicted octanol–water partition coefficient (Wildman–Crippen LogP) is 2.28. The van der Waals surface area contributed by atoms with Crippen LogP contribution in [-0.2, 0) is 19.2 Å². The topological polar surface area (TPSA) is 142 Å². The Morgan fingerprint density at radius 2 is 1.79 bits per heavy atom. The maximum Gasteiger partial charge on any atom is 0.441 e. The van der Waals surface area contributed by atoms with Crippen molar-refractivity contribution >= 4 is 17.8 Å². The zero-order valence-corrected chi connectivity index (χ0v) is 20.7. The molecule has 9 nitrogen and oxygen atoms in total. The summed E-state index contributed by atoms with van der Waals surface area (Å²) in [5.74, 6) is -3.35. The number of fused-ring (bicyclic) bond motifs is 1. The molecule has 0 aliphatic heterocycles. The molecule has 3 rings (SSSR count). The molecule has 0 aromatic heterocycles. The first kappa shape index (κ1) is 26.6. The maximum absolute atomic E-state index is 13.6. The summed E-state index contributed by atoms with van der Waals surface area (Å²) in [6.45, 7) is 12.5. The molecule has 0 bridgehead atoms. The first-order valence-electron chi connectivity index (χ1n) is 12.1. The van der Waals surface area contributed by atoms with Crippen LogP contribution < -0.4 is 5.48 Å². The molecule has 192 valence electrons. The Kier molecular flexibility index (Phi) is 7.24. The summed E-state index contributed by atoms with van der Waals surface area (Å²) in [5, 5.41) is 34.8. The van der Waals surface area contributed by atoms with Crippen LogP contribution in [0.15, 0.2) is 12.7 Å². The van der Waals surface area contributed by atoms with Crippen LogP contribution in [0.5, 0.6) is 0 Å².